The molecule has 116 valence electrons. The zero-order chi connectivity index (χ0) is 15.9. The topological polar surface area (TPSA) is 51.2 Å². The van der Waals surface area contributed by atoms with E-state index in [0.29, 0.717) is 0 Å². The Balaban J connectivity index is 1.85. The summed E-state index contributed by atoms with van der Waals surface area (Å²) in [6.07, 6.45) is 0. The molecule has 3 aromatic heterocycles. The standard InChI is InChI=1S/C16H22N6/c1-11-10-16(22-15(17-11)9-13(3)19-22)20(5)6-7-21-14(4)8-12(2)18-21/h8-10H,6-7H2,1-5H3. The van der Waals surface area contributed by atoms with Crippen molar-refractivity contribution in [2.75, 3.05) is 18.5 Å². The monoisotopic (exact) mass is 298 g/mol. The summed E-state index contributed by atoms with van der Waals surface area (Å²) in [6, 6.07) is 6.18. The Hall–Kier alpha value is -2.37. The van der Waals surface area contributed by atoms with E-state index in [4.69, 9.17) is 0 Å². The number of likely N-dealkylation sites (N-methyl/N-ethyl adjacent to an activating group) is 1. The van der Waals surface area contributed by atoms with Crippen molar-refractivity contribution in [1.29, 1.82) is 0 Å². The van der Waals surface area contributed by atoms with E-state index < -0.39 is 0 Å². The van der Waals surface area contributed by atoms with Crippen molar-refractivity contribution < 1.29 is 0 Å². The van der Waals surface area contributed by atoms with Gasteiger partial charge in [-0.25, -0.2) is 4.98 Å². The smallest absolute Gasteiger partial charge is 0.157 e. The quantitative estimate of drug-likeness (QED) is 0.741. The lowest BCUT2D eigenvalue weighted by Gasteiger charge is -2.20. The second kappa shape index (κ2) is 5.44. The number of rotatable bonds is 4. The molecule has 0 saturated heterocycles. The lowest BCUT2D eigenvalue weighted by atomic mass is 10.3. The molecular weight excluding hydrogens is 276 g/mol. The summed E-state index contributed by atoms with van der Waals surface area (Å²) >= 11 is 0. The highest BCUT2D eigenvalue weighted by atomic mass is 15.4. The van der Waals surface area contributed by atoms with Crippen LogP contribution in [-0.4, -0.2) is 38.0 Å². The number of aromatic nitrogens is 5. The van der Waals surface area contributed by atoms with E-state index in [-0.39, 0.29) is 0 Å². The highest BCUT2D eigenvalue weighted by molar-refractivity contribution is 5.51. The highest BCUT2D eigenvalue weighted by Gasteiger charge is 2.11. The maximum absolute atomic E-state index is 4.54. The minimum absolute atomic E-state index is 0.847. The van der Waals surface area contributed by atoms with Crippen molar-refractivity contribution in [1.82, 2.24) is 24.4 Å². The first-order valence-electron chi connectivity index (χ1n) is 7.50. The molecule has 3 aromatic rings. The fourth-order valence-electron chi connectivity index (χ4n) is 2.73. The lowest BCUT2D eigenvalue weighted by Crippen LogP contribution is -2.26. The molecule has 0 radical (unpaired) electrons. The summed E-state index contributed by atoms with van der Waals surface area (Å²) in [5.41, 5.74) is 5.12. The Bertz CT molecular complexity index is 814. The van der Waals surface area contributed by atoms with Crippen LogP contribution in [0, 0.1) is 27.7 Å². The fraction of sp³-hybridized carbons (Fsp3) is 0.438. The molecule has 22 heavy (non-hydrogen) atoms. The van der Waals surface area contributed by atoms with Gasteiger partial charge in [-0.1, -0.05) is 0 Å². The first-order chi connectivity index (χ1) is 10.4. The number of hydrogen-bond donors (Lipinski definition) is 0. The van der Waals surface area contributed by atoms with E-state index in [9.17, 15) is 0 Å². The van der Waals surface area contributed by atoms with Gasteiger partial charge in [-0.15, -0.1) is 0 Å². The summed E-state index contributed by atoms with van der Waals surface area (Å²) in [7, 11) is 2.08. The molecule has 6 nitrogen and oxygen atoms in total. The van der Waals surface area contributed by atoms with Crippen molar-refractivity contribution in [2.45, 2.75) is 34.2 Å². The molecule has 0 aromatic carbocycles. The fourth-order valence-corrected chi connectivity index (χ4v) is 2.73. The molecule has 0 N–H and O–H groups in total. The van der Waals surface area contributed by atoms with Gasteiger partial charge in [0.05, 0.1) is 17.9 Å². The van der Waals surface area contributed by atoms with Crippen LogP contribution in [-0.2, 0) is 6.54 Å². The summed E-state index contributed by atoms with van der Waals surface area (Å²) in [6.45, 7) is 9.82. The molecule has 6 heteroatoms. The van der Waals surface area contributed by atoms with Crippen LogP contribution in [0.15, 0.2) is 18.2 Å². The van der Waals surface area contributed by atoms with Gasteiger partial charge in [0, 0.05) is 37.1 Å². The second-order valence-corrected chi connectivity index (χ2v) is 5.88. The van der Waals surface area contributed by atoms with Gasteiger partial charge in [-0.2, -0.15) is 14.7 Å². The Morgan fingerprint density at radius 1 is 0.955 bits per heavy atom. The third kappa shape index (κ3) is 2.68. The largest absolute Gasteiger partial charge is 0.358 e. The van der Waals surface area contributed by atoms with E-state index in [1.807, 2.05) is 36.0 Å². The van der Waals surface area contributed by atoms with Gasteiger partial charge in [0.15, 0.2) is 5.65 Å². The molecule has 0 spiro atoms. The van der Waals surface area contributed by atoms with Crippen LogP contribution in [0.5, 0.6) is 0 Å². The van der Waals surface area contributed by atoms with E-state index in [1.54, 1.807) is 0 Å². The van der Waals surface area contributed by atoms with E-state index in [0.717, 1.165) is 41.6 Å². The molecule has 0 bridgehead atoms. The van der Waals surface area contributed by atoms with Gasteiger partial charge in [0.1, 0.15) is 5.82 Å². The summed E-state index contributed by atoms with van der Waals surface area (Å²) in [4.78, 5) is 6.73. The van der Waals surface area contributed by atoms with Crippen molar-refractivity contribution in [3.05, 3.63) is 41.0 Å². The average molecular weight is 298 g/mol. The summed E-state index contributed by atoms with van der Waals surface area (Å²) in [5.74, 6) is 1.05. The van der Waals surface area contributed by atoms with Gasteiger partial charge < -0.3 is 4.90 Å². The van der Waals surface area contributed by atoms with Crippen molar-refractivity contribution in [3.63, 3.8) is 0 Å². The van der Waals surface area contributed by atoms with E-state index in [2.05, 4.69) is 46.2 Å². The number of aryl methyl sites for hydroxylation is 4. The van der Waals surface area contributed by atoms with Crippen LogP contribution in [0.2, 0.25) is 0 Å². The second-order valence-electron chi connectivity index (χ2n) is 5.88. The molecule has 0 aliphatic rings. The molecular formula is C16H22N6. The van der Waals surface area contributed by atoms with Gasteiger partial charge in [-0.3, -0.25) is 4.68 Å². The summed E-state index contributed by atoms with van der Waals surface area (Å²) < 4.78 is 3.95. The number of hydrogen-bond acceptors (Lipinski definition) is 4. The Kier molecular flexibility index (Phi) is 3.60. The Morgan fingerprint density at radius 2 is 1.68 bits per heavy atom. The van der Waals surface area contributed by atoms with Crippen LogP contribution in [0.3, 0.4) is 0 Å². The highest BCUT2D eigenvalue weighted by Crippen LogP contribution is 2.17. The van der Waals surface area contributed by atoms with Crippen LogP contribution >= 0.6 is 0 Å². The molecule has 0 aliphatic heterocycles. The van der Waals surface area contributed by atoms with Gasteiger partial charge in [0.2, 0.25) is 0 Å². The number of nitrogens with zero attached hydrogens (tertiary/aromatic N) is 6. The van der Waals surface area contributed by atoms with Crippen LogP contribution in [0.25, 0.3) is 5.65 Å². The molecule has 0 fully saturated rings. The first kappa shape index (κ1) is 14.6. The number of fused-ring (bicyclic) bond motifs is 1. The predicted octanol–water partition coefficient (Wildman–Crippen LogP) is 2.30. The normalized spacial score (nSPS) is 11.3. The average Bonchev–Trinajstić information content (AvgIpc) is 2.96. The third-order valence-corrected chi connectivity index (χ3v) is 3.80. The molecule has 0 saturated carbocycles. The van der Waals surface area contributed by atoms with Crippen LogP contribution in [0.4, 0.5) is 5.82 Å². The van der Waals surface area contributed by atoms with Gasteiger partial charge >= 0.3 is 0 Å². The summed E-state index contributed by atoms with van der Waals surface area (Å²) in [5, 5.41) is 9.06. The van der Waals surface area contributed by atoms with Crippen molar-refractivity contribution >= 4 is 11.5 Å². The van der Waals surface area contributed by atoms with Gasteiger partial charge in [-0.05, 0) is 33.8 Å². The first-order valence-corrected chi connectivity index (χ1v) is 7.50. The van der Waals surface area contributed by atoms with E-state index >= 15 is 0 Å². The van der Waals surface area contributed by atoms with Crippen molar-refractivity contribution in [2.24, 2.45) is 0 Å². The molecule has 3 rings (SSSR count). The maximum Gasteiger partial charge on any atom is 0.157 e. The third-order valence-electron chi connectivity index (χ3n) is 3.80. The zero-order valence-corrected chi connectivity index (χ0v) is 13.8. The predicted molar refractivity (Wildman–Crippen MR) is 87.4 cm³/mol. The zero-order valence-electron chi connectivity index (χ0n) is 13.8. The molecule has 0 unspecified atom stereocenters. The molecule has 3 heterocycles. The molecule has 0 amide bonds. The van der Waals surface area contributed by atoms with E-state index in [1.165, 1.54) is 5.69 Å². The maximum atomic E-state index is 4.54. The molecule has 0 atom stereocenters. The number of anilines is 1. The minimum atomic E-state index is 0.847. The molecule has 0 aliphatic carbocycles. The Morgan fingerprint density at radius 3 is 2.36 bits per heavy atom. The van der Waals surface area contributed by atoms with Crippen molar-refractivity contribution in [3.8, 4) is 0 Å². The minimum Gasteiger partial charge on any atom is -0.358 e. The van der Waals surface area contributed by atoms with Gasteiger partial charge in [0.25, 0.3) is 0 Å². The lowest BCUT2D eigenvalue weighted by molar-refractivity contribution is 0.588. The SMILES string of the molecule is Cc1cc(N(C)CCn2nc(C)cc2C)n2nc(C)cc2n1. The van der Waals surface area contributed by atoms with Crippen LogP contribution < -0.4 is 4.90 Å². The Labute approximate surface area is 130 Å². The van der Waals surface area contributed by atoms with Crippen LogP contribution in [0.1, 0.15) is 22.8 Å².